The van der Waals surface area contributed by atoms with Crippen LogP contribution in [-0.2, 0) is 16.1 Å². The van der Waals surface area contributed by atoms with E-state index in [2.05, 4.69) is 10.1 Å². The van der Waals surface area contributed by atoms with Crippen LogP contribution in [0.3, 0.4) is 0 Å². The number of amides is 2. The topological polar surface area (TPSA) is 76.7 Å². The first-order valence-corrected chi connectivity index (χ1v) is 5.40. The second-order valence-electron chi connectivity index (χ2n) is 3.51. The van der Waals surface area contributed by atoms with Crippen molar-refractivity contribution in [1.82, 2.24) is 10.6 Å². The Bertz CT molecular complexity index is 420. The van der Waals surface area contributed by atoms with E-state index < -0.39 is 12.0 Å². The van der Waals surface area contributed by atoms with Crippen LogP contribution < -0.4 is 15.4 Å². The van der Waals surface area contributed by atoms with Gasteiger partial charge in [0.05, 0.1) is 7.11 Å². The lowest BCUT2D eigenvalue weighted by Crippen LogP contribution is -2.34. The Morgan fingerprint density at radius 1 is 1.33 bits per heavy atom. The summed E-state index contributed by atoms with van der Waals surface area (Å²) in [5.41, 5.74) is 1.04. The molecule has 0 bridgehead atoms. The Balaban J connectivity index is 2.45. The highest BCUT2D eigenvalue weighted by Gasteiger charge is 2.07. The summed E-state index contributed by atoms with van der Waals surface area (Å²) in [5, 5.41) is 5.02. The minimum absolute atomic E-state index is 0.238. The second-order valence-corrected chi connectivity index (χ2v) is 3.51. The lowest BCUT2D eigenvalue weighted by molar-refractivity contribution is -0.122. The minimum Gasteiger partial charge on any atom is -0.484 e. The quantitative estimate of drug-likeness (QED) is 0.805. The Morgan fingerprint density at radius 2 is 2.11 bits per heavy atom. The van der Waals surface area contributed by atoms with E-state index in [4.69, 9.17) is 4.74 Å². The van der Waals surface area contributed by atoms with Gasteiger partial charge in [0.25, 0.3) is 5.91 Å². The van der Waals surface area contributed by atoms with Gasteiger partial charge in [-0.05, 0) is 24.7 Å². The fraction of sp³-hybridized carbons (Fsp3) is 0.333. The van der Waals surface area contributed by atoms with Gasteiger partial charge in [0, 0.05) is 6.54 Å². The SMILES string of the molecule is CNCc1cccc(OCC(=O)NC(=O)OC)c1. The standard InChI is InChI=1S/C12H16N2O4/c1-13-7-9-4-3-5-10(6-9)18-8-11(15)14-12(16)17-2/h3-6,13H,7-8H2,1-2H3,(H,14,15,16). The van der Waals surface area contributed by atoms with Crippen LogP contribution >= 0.6 is 0 Å². The van der Waals surface area contributed by atoms with E-state index in [-0.39, 0.29) is 6.61 Å². The third kappa shape index (κ3) is 4.84. The molecule has 0 atom stereocenters. The Labute approximate surface area is 105 Å². The summed E-state index contributed by atoms with van der Waals surface area (Å²) < 4.78 is 9.54. The summed E-state index contributed by atoms with van der Waals surface area (Å²) in [6.07, 6.45) is -0.799. The number of carbonyl (C=O) groups is 2. The van der Waals surface area contributed by atoms with Crippen molar-refractivity contribution in [1.29, 1.82) is 0 Å². The number of alkyl carbamates (subject to hydrolysis) is 1. The first-order chi connectivity index (χ1) is 8.65. The first-order valence-electron chi connectivity index (χ1n) is 5.40. The van der Waals surface area contributed by atoms with Crippen molar-refractivity contribution in [3.05, 3.63) is 29.8 Å². The van der Waals surface area contributed by atoms with Gasteiger partial charge in [-0.3, -0.25) is 10.1 Å². The van der Waals surface area contributed by atoms with E-state index in [1.54, 1.807) is 6.07 Å². The molecule has 6 heteroatoms. The van der Waals surface area contributed by atoms with Gasteiger partial charge in [-0.2, -0.15) is 0 Å². The molecular formula is C12H16N2O4. The summed E-state index contributed by atoms with van der Waals surface area (Å²) in [4.78, 5) is 22.0. The molecule has 6 nitrogen and oxygen atoms in total. The van der Waals surface area contributed by atoms with Gasteiger partial charge >= 0.3 is 6.09 Å². The van der Waals surface area contributed by atoms with Gasteiger partial charge in [0.2, 0.25) is 0 Å². The number of nitrogens with one attached hydrogen (secondary N) is 2. The number of methoxy groups -OCH3 is 1. The molecule has 1 rings (SSSR count). The third-order valence-electron chi connectivity index (χ3n) is 2.08. The Kier molecular flexibility index (Phi) is 5.66. The molecule has 18 heavy (non-hydrogen) atoms. The van der Waals surface area contributed by atoms with Gasteiger partial charge in [0.15, 0.2) is 6.61 Å². The number of imide groups is 1. The number of hydrogen-bond acceptors (Lipinski definition) is 5. The molecule has 0 aliphatic heterocycles. The molecule has 1 aromatic rings. The highest BCUT2D eigenvalue weighted by Crippen LogP contribution is 2.12. The van der Waals surface area contributed by atoms with Crippen LogP contribution in [0.2, 0.25) is 0 Å². The lowest BCUT2D eigenvalue weighted by atomic mass is 10.2. The number of ether oxygens (including phenoxy) is 2. The monoisotopic (exact) mass is 252 g/mol. The van der Waals surface area contributed by atoms with Crippen molar-refractivity contribution in [2.45, 2.75) is 6.54 Å². The van der Waals surface area contributed by atoms with Crippen LogP contribution in [0.15, 0.2) is 24.3 Å². The molecule has 2 N–H and O–H groups in total. The largest absolute Gasteiger partial charge is 0.484 e. The minimum atomic E-state index is -0.799. The molecule has 0 saturated heterocycles. The zero-order chi connectivity index (χ0) is 13.4. The average Bonchev–Trinajstić information content (AvgIpc) is 2.37. The maximum atomic E-state index is 11.2. The van der Waals surface area contributed by atoms with Crippen molar-refractivity contribution in [2.24, 2.45) is 0 Å². The fourth-order valence-corrected chi connectivity index (χ4v) is 1.30. The number of hydrogen-bond donors (Lipinski definition) is 2. The van der Waals surface area contributed by atoms with Crippen molar-refractivity contribution >= 4 is 12.0 Å². The Hall–Kier alpha value is -2.08. The maximum Gasteiger partial charge on any atom is 0.413 e. The number of rotatable bonds is 5. The maximum absolute atomic E-state index is 11.2. The summed E-state index contributed by atoms with van der Waals surface area (Å²) in [6.45, 7) is 0.476. The van der Waals surface area contributed by atoms with Crippen LogP contribution in [0.4, 0.5) is 4.79 Å². The molecule has 0 spiro atoms. The molecule has 0 aromatic heterocycles. The van der Waals surface area contributed by atoms with E-state index in [1.807, 2.05) is 30.6 Å². The fourth-order valence-electron chi connectivity index (χ4n) is 1.30. The number of benzene rings is 1. The van der Waals surface area contributed by atoms with Crippen molar-refractivity contribution < 1.29 is 19.1 Å². The smallest absolute Gasteiger partial charge is 0.413 e. The average molecular weight is 252 g/mol. The zero-order valence-corrected chi connectivity index (χ0v) is 10.4. The van der Waals surface area contributed by atoms with Crippen LogP contribution in [0.5, 0.6) is 5.75 Å². The predicted octanol–water partition coefficient (Wildman–Crippen LogP) is 0.667. The molecule has 98 valence electrons. The zero-order valence-electron chi connectivity index (χ0n) is 10.4. The molecule has 0 saturated carbocycles. The van der Waals surface area contributed by atoms with E-state index in [0.29, 0.717) is 12.3 Å². The van der Waals surface area contributed by atoms with Gasteiger partial charge in [0.1, 0.15) is 5.75 Å². The molecule has 1 aromatic carbocycles. The summed E-state index contributed by atoms with van der Waals surface area (Å²) in [5.74, 6) is 0.0173. The Morgan fingerprint density at radius 3 is 2.78 bits per heavy atom. The molecule has 0 radical (unpaired) electrons. The van der Waals surface area contributed by atoms with E-state index >= 15 is 0 Å². The van der Waals surface area contributed by atoms with Gasteiger partial charge in [-0.1, -0.05) is 12.1 Å². The van der Waals surface area contributed by atoms with Crippen molar-refractivity contribution in [2.75, 3.05) is 20.8 Å². The summed E-state index contributed by atoms with van der Waals surface area (Å²) in [7, 11) is 3.03. The summed E-state index contributed by atoms with van der Waals surface area (Å²) >= 11 is 0. The summed E-state index contributed by atoms with van der Waals surface area (Å²) in [6, 6.07) is 7.34. The highest BCUT2D eigenvalue weighted by atomic mass is 16.5. The molecule has 0 unspecified atom stereocenters. The molecule has 0 aliphatic carbocycles. The van der Waals surface area contributed by atoms with E-state index in [9.17, 15) is 9.59 Å². The van der Waals surface area contributed by atoms with Crippen LogP contribution in [-0.4, -0.2) is 32.8 Å². The third-order valence-corrected chi connectivity index (χ3v) is 2.08. The number of carbonyl (C=O) groups excluding carboxylic acids is 2. The molecular weight excluding hydrogens is 236 g/mol. The first kappa shape index (κ1) is 14.0. The van der Waals surface area contributed by atoms with Crippen molar-refractivity contribution in [3.8, 4) is 5.75 Å². The van der Waals surface area contributed by atoms with Crippen LogP contribution in [0.1, 0.15) is 5.56 Å². The molecule has 2 amide bonds. The van der Waals surface area contributed by atoms with E-state index in [0.717, 1.165) is 5.56 Å². The van der Waals surface area contributed by atoms with Crippen LogP contribution in [0.25, 0.3) is 0 Å². The van der Waals surface area contributed by atoms with Gasteiger partial charge in [-0.15, -0.1) is 0 Å². The predicted molar refractivity (Wildman–Crippen MR) is 65.2 cm³/mol. The normalized spacial score (nSPS) is 9.67. The second kappa shape index (κ2) is 7.29. The van der Waals surface area contributed by atoms with Gasteiger partial charge < -0.3 is 14.8 Å². The molecule has 0 aliphatic rings. The molecule has 0 heterocycles. The lowest BCUT2D eigenvalue weighted by Gasteiger charge is -2.07. The van der Waals surface area contributed by atoms with Crippen LogP contribution in [0, 0.1) is 0 Å². The molecule has 0 fully saturated rings. The highest BCUT2D eigenvalue weighted by molar-refractivity contribution is 5.92. The van der Waals surface area contributed by atoms with Gasteiger partial charge in [-0.25, -0.2) is 4.79 Å². The van der Waals surface area contributed by atoms with Crippen molar-refractivity contribution in [3.63, 3.8) is 0 Å². The van der Waals surface area contributed by atoms with E-state index in [1.165, 1.54) is 7.11 Å².